The van der Waals surface area contributed by atoms with Crippen LogP contribution in [0.25, 0.3) is 0 Å². The van der Waals surface area contributed by atoms with Crippen LogP contribution in [0.3, 0.4) is 0 Å². The molecule has 0 saturated carbocycles. The third-order valence-corrected chi connectivity index (χ3v) is 6.38. The molecule has 142 valence electrons. The van der Waals surface area contributed by atoms with E-state index in [1.54, 1.807) is 44.2 Å². The summed E-state index contributed by atoms with van der Waals surface area (Å²) in [5.74, 6) is -0.336. The molecule has 0 N–H and O–H groups in total. The average molecular weight is 454 g/mol. The SMILES string of the molecule is CN1CCCn2c(c3n(c2=O)CCN(C(=O)c2ccc(Br)c(Cl)c2)C3)C1=O. The predicted octanol–water partition coefficient (Wildman–Crippen LogP) is 2.20. The summed E-state index contributed by atoms with van der Waals surface area (Å²) in [7, 11) is 1.74. The van der Waals surface area contributed by atoms with Crippen LogP contribution < -0.4 is 5.69 Å². The lowest BCUT2D eigenvalue weighted by Gasteiger charge is -2.28. The molecule has 1 aromatic heterocycles. The van der Waals surface area contributed by atoms with Gasteiger partial charge >= 0.3 is 5.69 Å². The van der Waals surface area contributed by atoms with Gasteiger partial charge in [-0.1, -0.05) is 11.6 Å². The number of aromatic nitrogens is 2. The standard InChI is InChI=1S/C18H18BrClN4O3/c1-21-5-2-6-24-15(17(21)26)14-10-22(7-8-23(14)18(24)27)16(25)11-3-4-12(19)13(20)9-11/h3-4,9H,2,5-8,10H2,1H3. The van der Waals surface area contributed by atoms with E-state index in [0.29, 0.717) is 48.2 Å². The molecule has 0 fully saturated rings. The number of hydrogen-bond acceptors (Lipinski definition) is 3. The molecule has 2 aliphatic rings. The summed E-state index contributed by atoms with van der Waals surface area (Å²) in [4.78, 5) is 41.7. The van der Waals surface area contributed by atoms with Crippen LogP contribution >= 0.6 is 27.5 Å². The van der Waals surface area contributed by atoms with Gasteiger partial charge in [0.15, 0.2) is 0 Å². The minimum Gasteiger partial charge on any atom is -0.340 e. The van der Waals surface area contributed by atoms with Crippen LogP contribution in [-0.4, -0.2) is 50.9 Å². The monoisotopic (exact) mass is 452 g/mol. The summed E-state index contributed by atoms with van der Waals surface area (Å²) in [5.41, 5.74) is 1.34. The molecule has 4 rings (SSSR count). The fourth-order valence-corrected chi connectivity index (χ4v) is 4.12. The number of amides is 2. The number of nitrogens with zero attached hydrogens (tertiary/aromatic N) is 4. The summed E-state index contributed by atoms with van der Waals surface area (Å²) < 4.78 is 3.91. The fraction of sp³-hybridized carbons (Fsp3) is 0.389. The van der Waals surface area contributed by atoms with E-state index in [-0.39, 0.29) is 24.0 Å². The van der Waals surface area contributed by atoms with Crippen LogP contribution in [0.15, 0.2) is 27.5 Å². The smallest absolute Gasteiger partial charge is 0.329 e. The van der Waals surface area contributed by atoms with Gasteiger partial charge in [-0.25, -0.2) is 4.79 Å². The van der Waals surface area contributed by atoms with E-state index in [2.05, 4.69) is 15.9 Å². The molecule has 27 heavy (non-hydrogen) atoms. The quantitative estimate of drug-likeness (QED) is 0.665. The second-order valence-corrected chi connectivity index (χ2v) is 8.08. The van der Waals surface area contributed by atoms with E-state index in [9.17, 15) is 14.4 Å². The van der Waals surface area contributed by atoms with Crippen molar-refractivity contribution >= 4 is 39.3 Å². The maximum absolute atomic E-state index is 12.9. The lowest BCUT2D eigenvalue weighted by Crippen LogP contribution is -2.41. The van der Waals surface area contributed by atoms with Crippen molar-refractivity contribution in [1.82, 2.24) is 18.9 Å². The second kappa shape index (κ2) is 6.83. The molecule has 0 atom stereocenters. The van der Waals surface area contributed by atoms with E-state index < -0.39 is 0 Å². The molecule has 3 heterocycles. The van der Waals surface area contributed by atoms with E-state index in [1.165, 1.54) is 0 Å². The summed E-state index contributed by atoms with van der Waals surface area (Å²) in [5, 5.41) is 0.462. The van der Waals surface area contributed by atoms with Gasteiger partial charge in [-0.05, 0) is 40.5 Å². The Morgan fingerprint density at radius 3 is 2.63 bits per heavy atom. The maximum atomic E-state index is 12.9. The molecule has 2 aliphatic heterocycles. The molecule has 0 spiro atoms. The zero-order chi connectivity index (χ0) is 19.3. The normalized spacial score (nSPS) is 16.8. The number of carbonyl (C=O) groups excluding carboxylic acids is 2. The van der Waals surface area contributed by atoms with Crippen molar-refractivity contribution in [3.8, 4) is 0 Å². The minimum absolute atomic E-state index is 0.164. The van der Waals surface area contributed by atoms with E-state index in [1.807, 2.05) is 0 Å². The van der Waals surface area contributed by atoms with Gasteiger partial charge in [0, 0.05) is 43.3 Å². The van der Waals surface area contributed by atoms with Gasteiger partial charge in [0.25, 0.3) is 11.8 Å². The lowest BCUT2D eigenvalue weighted by atomic mass is 10.1. The molecular formula is C18H18BrClN4O3. The molecule has 1 aromatic carbocycles. The summed E-state index contributed by atoms with van der Waals surface area (Å²) in [6, 6.07) is 5.06. The summed E-state index contributed by atoms with van der Waals surface area (Å²) in [6.07, 6.45) is 0.735. The zero-order valence-electron chi connectivity index (χ0n) is 14.7. The zero-order valence-corrected chi connectivity index (χ0v) is 17.1. The highest BCUT2D eigenvalue weighted by atomic mass is 79.9. The third kappa shape index (κ3) is 3.00. The van der Waals surface area contributed by atoms with Crippen molar-refractivity contribution in [3.63, 3.8) is 0 Å². The first-order chi connectivity index (χ1) is 12.9. The highest BCUT2D eigenvalue weighted by Crippen LogP contribution is 2.25. The molecule has 0 radical (unpaired) electrons. The van der Waals surface area contributed by atoms with E-state index >= 15 is 0 Å². The highest BCUT2D eigenvalue weighted by molar-refractivity contribution is 9.10. The molecule has 0 saturated heterocycles. The molecule has 2 aromatic rings. The molecule has 0 unspecified atom stereocenters. The third-order valence-electron chi connectivity index (χ3n) is 5.14. The van der Waals surface area contributed by atoms with Crippen LogP contribution in [0.4, 0.5) is 0 Å². The predicted molar refractivity (Wildman–Crippen MR) is 104 cm³/mol. The Morgan fingerprint density at radius 1 is 1.11 bits per heavy atom. The number of fused-ring (bicyclic) bond motifs is 3. The van der Waals surface area contributed by atoms with Crippen molar-refractivity contribution in [1.29, 1.82) is 0 Å². The Labute approximate surface area is 169 Å². The first-order valence-electron chi connectivity index (χ1n) is 8.70. The number of carbonyl (C=O) groups is 2. The molecule has 0 bridgehead atoms. The van der Waals surface area contributed by atoms with Crippen molar-refractivity contribution in [2.45, 2.75) is 26.1 Å². The van der Waals surface area contributed by atoms with Crippen molar-refractivity contribution in [2.75, 3.05) is 20.1 Å². The average Bonchev–Trinajstić information content (AvgIpc) is 2.84. The van der Waals surface area contributed by atoms with E-state index in [4.69, 9.17) is 11.6 Å². The Hall–Kier alpha value is -2.06. The lowest BCUT2D eigenvalue weighted by molar-refractivity contribution is 0.0699. The van der Waals surface area contributed by atoms with Gasteiger partial charge in [-0.15, -0.1) is 0 Å². The van der Waals surface area contributed by atoms with E-state index in [0.717, 1.165) is 10.9 Å². The Morgan fingerprint density at radius 2 is 1.89 bits per heavy atom. The van der Waals surface area contributed by atoms with Crippen LogP contribution in [0, 0.1) is 0 Å². The fourth-order valence-electron chi connectivity index (χ4n) is 3.69. The largest absolute Gasteiger partial charge is 0.340 e. The van der Waals surface area contributed by atoms with Gasteiger partial charge in [0.1, 0.15) is 5.69 Å². The van der Waals surface area contributed by atoms with Crippen LogP contribution in [0.1, 0.15) is 33.0 Å². The molecule has 9 heteroatoms. The van der Waals surface area contributed by atoms with Gasteiger partial charge in [-0.3, -0.25) is 18.7 Å². The minimum atomic E-state index is -0.169. The first kappa shape index (κ1) is 18.3. The van der Waals surface area contributed by atoms with Crippen molar-refractivity contribution in [3.05, 3.63) is 55.1 Å². The highest BCUT2D eigenvalue weighted by Gasteiger charge is 2.33. The Bertz CT molecular complexity index is 1010. The Balaban J connectivity index is 1.71. The number of halogens is 2. The van der Waals surface area contributed by atoms with Crippen LogP contribution in [0.2, 0.25) is 5.02 Å². The number of benzene rings is 1. The summed E-state index contributed by atoms with van der Waals surface area (Å²) >= 11 is 9.43. The molecule has 0 aliphatic carbocycles. The topological polar surface area (TPSA) is 67.6 Å². The molecule has 7 nitrogen and oxygen atoms in total. The summed E-state index contributed by atoms with van der Waals surface area (Å²) in [6.45, 7) is 2.14. The van der Waals surface area contributed by atoms with Gasteiger partial charge in [0.2, 0.25) is 0 Å². The van der Waals surface area contributed by atoms with Crippen molar-refractivity contribution < 1.29 is 9.59 Å². The number of hydrogen-bond donors (Lipinski definition) is 0. The number of imidazole rings is 1. The second-order valence-electron chi connectivity index (χ2n) is 6.82. The van der Waals surface area contributed by atoms with Crippen LogP contribution in [0.5, 0.6) is 0 Å². The Kier molecular flexibility index (Phi) is 4.63. The molecular weight excluding hydrogens is 436 g/mol. The van der Waals surface area contributed by atoms with Crippen LogP contribution in [-0.2, 0) is 19.6 Å². The first-order valence-corrected chi connectivity index (χ1v) is 9.87. The maximum Gasteiger partial charge on any atom is 0.329 e. The molecule has 2 amide bonds. The van der Waals surface area contributed by atoms with Gasteiger partial charge in [0.05, 0.1) is 17.3 Å². The number of rotatable bonds is 1. The van der Waals surface area contributed by atoms with Gasteiger partial charge < -0.3 is 9.80 Å². The van der Waals surface area contributed by atoms with Gasteiger partial charge in [-0.2, -0.15) is 0 Å². The van der Waals surface area contributed by atoms with Crippen molar-refractivity contribution in [2.24, 2.45) is 0 Å².